The van der Waals surface area contributed by atoms with Crippen LogP contribution in [0.3, 0.4) is 0 Å². The third-order valence-corrected chi connectivity index (χ3v) is 9.54. The maximum Gasteiger partial charge on any atom is 0.248 e. The number of carbonyl (C=O) groups is 2. The van der Waals surface area contributed by atoms with Gasteiger partial charge in [-0.2, -0.15) is 0 Å². The lowest BCUT2D eigenvalue weighted by atomic mass is 9.70. The molecule has 7 heteroatoms. The number of allylic oxidation sites excluding steroid dienone is 2. The average Bonchev–Trinajstić information content (AvgIpc) is 3.13. The minimum absolute atomic E-state index is 0.0130. The van der Waals surface area contributed by atoms with Crippen molar-refractivity contribution < 1.29 is 19.1 Å². The van der Waals surface area contributed by atoms with Crippen LogP contribution in [-0.2, 0) is 16.0 Å². The molecule has 5 atom stereocenters. The Morgan fingerprint density at radius 1 is 1.17 bits per heavy atom. The zero-order valence-electron chi connectivity index (χ0n) is 25.6. The van der Waals surface area contributed by atoms with Crippen molar-refractivity contribution in [3.8, 4) is 5.75 Å². The highest BCUT2D eigenvalue weighted by molar-refractivity contribution is 6.30. The average molecular weight is 595 g/mol. The van der Waals surface area contributed by atoms with Crippen molar-refractivity contribution in [1.82, 2.24) is 0 Å². The maximum absolute atomic E-state index is 13.3. The van der Waals surface area contributed by atoms with E-state index in [-0.39, 0.29) is 23.5 Å². The molecule has 1 fully saturated rings. The van der Waals surface area contributed by atoms with Crippen molar-refractivity contribution in [3.63, 3.8) is 0 Å². The fourth-order valence-corrected chi connectivity index (χ4v) is 6.45. The Labute approximate surface area is 256 Å². The summed E-state index contributed by atoms with van der Waals surface area (Å²) in [4.78, 5) is 27.7. The molecule has 42 heavy (non-hydrogen) atoms. The molecule has 0 bridgehead atoms. The van der Waals surface area contributed by atoms with Gasteiger partial charge >= 0.3 is 0 Å². The fourth-order valence-electron chi connectivity index (χ4n) is 6.25. The third kappa shape index (κ3) is 7.96. The fraction of sp³-hybridized carbons (Fsp3) is 0.543. The lowest BCUT2D eigenvalue weighted by Crippen LogP contribution is -2.42. The van der Waals surface area contributed by atoms with Gasteiger partial charge in [0.25, 0.3) is 0 Å². The summed E-state index contributed by atoms with van der Waals surface area (Å²) in [6.45, 7) is 9.39. The van der Waals surface area contributed by atoms with Crippen LogP contribution in [0.2, 0.25) is 5.02 Å². The summed E-state index contributed by atoms with van der Waals surface area (Å²) >= 11 is 6.37. The van der Waals surface area contributed by atoms with E-state index >= 15 is 0 Å². The quantitative estimate of drug-likeness (QED) is 0.233. The molecule has 1 amide bonds. The summed E-state index contributed by atoms with van der Waals surface area (Å²) in [5, 5.41) is 0.741. The van der Waals surface area contributed by atoms with E-state index in [2.05, 4.69) is 43.9 Å². The number of aryl methyl sites for hydroxylation is 1. The van der Waals surface area contributed by atoms with Crippen molar-refractivity contribution in [1.29, 1.82) is 0 Å². The maximum atomic E-state index is 13.3. The van der Waals surface area contributed by atoms with Gasteiger partial charge in [-0.1, -0.05) is 50.9 Å². The molecule has 1 aliphatic carbocycles. The summed E-state index contributed by atoms with van der Waals surface area (Å²) in [5.74, 6) is 1.91. The van der Waals surface area contributed by atoms with Gasteiger partial charge in [0, 0.05) is 49.2 Å². The summed E-state index contributed by atoms with van der Waals surface area (Å²) in [6.07, 6.45) is 9.68. The molecular formula is C35H47ClN2O4. The molecule has 1 saturated carbocycles. The molecule has 2 N–H and O–H groups in total. The molecule has 5 unspecified atom stereocenters. The van der Waals surface area contributed by atoms with E-state index in [1.165, 1.54) is 11.1 Å². The summed E-state index contributed by atoms with van der Waals surface area (Å²) in [6, 6.07) is 11.6. The van der Waals surface area contributed by atoms with Crippen molar-refractivity contribution in [3.05, 3.63) is 70.3 Å². The van der Waals surface area contributed by atoms with E-state index in [0.29, 0.717) is 24.0 Å². The minimum atomic E-state index is -0.464. The number of fused-ring (bicyclic) bond motifs is 1. The zero-order valence-corrected chi connectivity index (χ0v) is 26.4. The predicted molar refractivity (Wildman–Crippen MR) is 171 cm³/mol. The second kappa shape index (κ2) is 15.1. The van der Waals surface area contributed by atoms with Crippen molar-refractivity contribution in [2.75, 3.05) is 38.3 Å². The first kappa shape index (κ1) is 32.1. The molecule has 2 aliphatic rings. The number of hydrogen-bond acceptors (Lipinski definition) is 5. The predicted octanol–water partition coefficient (Wildman–Crippen LogP) is 7.22. The van der Waals surface area contributed by atoms with Crippen LogP contribution in [0.1, 0.15) is 80.3 Å². The van der Waals surface area contributed by atoms with Crippen molar-refractivity contribution in [2.45, 2.75) is 65.2 Å². The Morgan fingerprint density at radius 3 is 2.67 bits per heavy atom. The monoisotopic (exact) mass is 594 g/mol. The van der Waals surface area contributed by atoms with E-state index in [0.717, 1.165) is 74.7 Å². The SMILES string of the molecule is CCCc1cc(Cl)ccc1C1COc2ccc(C(N)=O)cc2N(CC2CCC2C(=O)/C=C/CC(C)C(C)CCOC)C1. The van der Waals surface area contributed by atoms with Crippen LogP contribution >= 0.6 is 11.6 Å². The van der Waals surface area contributed by atoms with Crippen LogP contribution in [-0.4, -0.2) is 45.1 Å². The molecule has 0 radical (unpaired) electrons. The third-order valence-electron chi connectivity index (χ3n) is 9.31. The Kier molecular flexibility index (Phi) is 11.5. The molecule has 6 nitrogen and oxygen atoms in total. The number of benzene rings is 2. The molecule has 1 heterocycles. The minimum Gasteiger partial charge on any atom is -0.491 e. The van der Waals surface area contributed by atoms with E-state index in [1.54, 1.807) is 13.2 Å². The zero-order chi connectivity index (χ0) is 30.2. The van der Waals surface area contributed by atoms with Gasteiger partial charge in [0.05, 0.1) is 12.3 Å². The number of halogens is 1. The van der Waals surface area contributed by atoms with Crippen molar-refractivity contribution >= 4 is 29.0 Å². The molecule has 1 aliphatic heterocycles. The lowest BCUT2D eigenvalue weighted by Gasteiger charge is -2.40. The van der Waals surface area contributed by atoms with Crippen LogP contribution < -0.4 is 15.4 Å². The highest BCUT2D eigenvalue weighted by Gasteiger charge is 2.38. The lowest BCUT2D eigenvalue weighted by molar-refractivity contribution is -0.122. The van der Waals surface area contributed by atoms with Crippen LogP contribution in [0.4, 0.5) is 5.69 Å². The Balaban J connectivity index is 1.52. The van der Waals surface area contributed by atoms with Crippen LogP contribution in [0.15, 0.2) is 48.6 Å². The van der Waals surface area contributed by atoms with Gasteiger partial charge in [0.15, 0.2) is 5.78 Å². The number of nitrogens with two attached hydrogens (primary N) is 1. The topological polar surface area (TPSA) is 81.9 Å². The number of carbonyl (C=O) groups excluding carboxylic acids is 2. The molecule has 0 spiro atoms. The van der Waals surface area contributed by atoms with Crippen molar-refractivity contribution in [2.24, 2.45) is 29.4 Å². The van der Waals surface area contributed by atoms with E-state index in [9.17, 15) is 9.59 Å². The number of hydrogen-bond donors (Lipinski definition) is 1. The molecule has 4 rings (SSSR count). The smallest absolute Gasteiger partial charge is 0.248 e. The summed E-state index contributed by atoms with van der Waals surface area (Å²) in [5.41, 5.74) is 9.47. The number of anilines is 1. The number of nitrogens with zero attached hydrogens (tertiary/aromatic N) is 1. The Bertz CT molecular complexity index is 1260. The number of amides is 1. The first-order valence-electron chi connectivity index (χ1n) is 15.5. The second-order valence-corrected chi connectivity index (χ2v) is 12.7. The first-order chi connectivity index (χ1) is 20.2. The van der Waals surface area contributed by atoms with Gasteiger partial charge in [-0.3, -0.25) is 9.59 Å². The number of ether oxygens (including phenoxy) is 2. The van der Waals surface area contributed by atoms with Gasteiger partial charge in [0.2, 0.25) is 5.91 Å². The summed E-state index contributed by atoms with van der Waals surface area (Å²) in [7, 11) is 1.74. The number of primary amides is 1. The standard InChI is InChI=1S/C35H47ClN2O4/c1-5-7-25-18-29(36)12-14-30(25)28-21-38(32-19-26(35(37)40)11-15-34(32)42-22-28)20-27-10-13-31(27)33(39)9-6-8-23(2)24(3)16-17-41-4/h6,9,11-12,14-15,18-19,23-24,27-28,31H,5,7-8,10,13,16-17,20-22H2,1-4H3,(H2,37,40)/b9-6+. The van der Waals surface area contributed by atoms with Crippen LogP contribution in [0.25, 0.3) is 0 Å². The molecule has 0 aromatic heterocycles. The van der Waals surface area contributed by atoms with Gasteiger partial charge in [0.1, 0.15) is 5.75 Å². The largest absolute Gasteiger partial charge is 0.491 e. The Hall–Kier alpha value is -2.83. The highest BCUT2D eigenvalue weighted by Crippen LogP contribution is 2.41. The molecule has 2 aromatic carbocycles. The van der Waals surface area contributed by atoms with E-state index in [1.807, 2.05) is 24.3 Å². The molecular weight excluding hydrogens is 548 g/mol. The first-order valence-corrected chi connectivity index (χ1v) is 15.9. The molecule has 2 aromatic rings. The normalized spacial score (nSPS) is 21.6. The second-order valence-electron chi connectivity index (χ2n) is 12.3. The highest BCUT2D eigenvalue weighted by atomic mass is 35.5. The number of methoxy groups -OCH3 is 1. The van der Waals surface area contributed by atoms with Crippen LogP contribution in [0, 0.1) is 23.7 Å². The van der Waals surface area contributed by atoms with Gasteiger partial charge < -0.3 is 20.1 Å². The van der Waals surface area contributed by atoms with E-state index in [4.69, 9.17) is 26.8 Å². The summed E-state index contributed by atoms with van der Waals surface area (Å²) < 4.78 is 11.6. The number of ketones is 1. The van der Waals surface area contributed by atoms with Gasteiger partial charge in [-0.15, -0.1) is 0 Å². The number of rotatable bonds is 14. The molecule has 228 valence electrons. The Morgan fingerprint density at radius 2 is 1.98 bits per heavy atom. The van der Waals surface area contributed by atoms with Gasteiger partial charge in [-0.25, -0.2) is 0 Å². The van der Waals surface area contributed by atoms with Gasteiger partial charge in [-0.05, 0) is 97.4 Å². The molecule has 0 saturated heterocycles. The van der Waals surface area contributed by atoms with Crippen LogP contribution in [0.5, 0.6) is 5.75 Å². The van der Waals surface area contributed by atoms with E-state index < -0.39 is 5.91 Å².